The second-order valence-corrected chi connectivity index (χ2v) is 14.9. The molecule has 1 heterocycles. The van der Waals surface area contributed by atoms with Crippen molar-refractivity contribution >= 4 is 74.1 Å². The lowest BCUT2D eigenvalue weighted by Gasteiger charge is -2.26. The highest BCUT2D eigenvalue weighted by atomic mass is 15.1. The summed E-state index contributed by atoms with van der Waals surface area (Å²) in [5, 5.41) is 2.34. The van der Waals surface area contributed by atoms with E-state index in [-0.39, 0.29) is 0 Å². The molecule has 0 amide bonds. The molecule has 0 spiro atoms. The molecule has 8 aromatic carbocycles. The lowest BCUT2D eigenvalue weighted by atomic mass is 9.94. The summed E-state index contributed by atoms with van der Waals surface area (Å²) in [7, 11) is 1.73. The van der Waals surface area contributed by atoms with Crippen LogP contribution in [0.3, 0.4) is 0 Å². The number of para-hydroxylation sites is 4. The van der Waals surface area contributed by atoms with Crippen LogP contribution in [0.4, 0.5) is 34.1 Å². The minimum atomic E-state index is 0.732. The first-order valence-electron chi connectivity index (χ1n) is 20.2. The van der Waals surface area contributed by atoms with Crippen molar-refractivity contribution in [3.05, 3.63) is 217 Å². The number of hydrogen-bond acceptors (Lipinski definition) is 4. The highest BCUT2D eigenvalue weighted by Crippen LogP contribution is 2.43. The lowest BCUT2D eigenvalue weighted by Crippen LogP contribution is -2.09. The molecule has 290 valence electrons. The number of rotatable bonds is 11. The summed E-state index contributed by atoms with van der Waals surface area (Å²) < 4.78 is 2.40. The summed E-state index contributed by atoms with van der Waals surface area (Å²) in [6.07, 6.45) is 3.37. The maximum absolute atomic E-state index is 4.51. The van der Waals surface area contributed by atoms with Crippen molar-refractivity contribution < 1.29 is 0 Å². The van der Waals surface area contributed by atoms with Gasteiger partial charge in [0.05, 0.1) is 16.7 Å². The second-order valence-electron chi connectivity index (χ2n) is 14.9. The molecule has 9 aromatic rings. The van der Waals surface area contributed by atoms with E-state index >= 15 is 0 Å². The first-order chi connectivity index (χ1) is 29.5. The van der Waals surface area contributed by atoms with Crippen molar-refractivity contribution in [3.63, 3.8) is 0 Å². The van der Waals surface area contributed by atoms with Crippen LogP contribution in [0, 0.1) is 13.8 Å². The van der Waals surface area contributed by atoms with Crippen molar-refractivity contribution in [3.8, 4) is 16.8 Å². The van der Waals surface area contributed by atoms with Crippen LogP contribution in [0.1, 0.15) is 16.7 Å². The van der Waals surface area contributed by atoms with Crippen LogP contribution in [0.25, 0.3) is 44.3 Å². The Morgan fingerprint density at radius 3 is 1.28 bits per heavy atom. The lowest BCUT2D eigenvalue weighted by molar-refractivity contribution is 1.18. The molecule has 0 aliphatic carbocycles. The Labute approximate surface area is 352 Å². The van der Waals surface area contributed by atoms with Gasteiger partial charge in [-0.3, -0.25) is 9.98 Å². The molecule has 60 heavy (non-hydrogen) atoms. The molecule has 5 heteroatoms. The van der Waals surface area contributed by atoms with Crippen molar-refractivity contribution in [2.45, 2.75) is 13.8 Å². The molecule has 0 aliphatic heterocycles. The number of aliphatic imine (C=N–C) groups is 2. The minimum absolute atomic E-state index is 0.732. The maximum Gasteiger partial charge on any atom is 0.0636 e. The Balaban J connectivity index is 1.21. The molecule has 1 aromatic heterocycles. The third kappa shape index (κ3) is 7.29. The smallest absolute Gasteiger partial charge is 0.0636 e. The van der Waals surface area contributed by atoms with Crippen LogP contribution in [0.2, 0.25) is 0 Å². The largest absolute Gasteiger partial charge is 0.310 e. The first-order valence-corrected chi connectivity index (χ1v) is 20.2. The minimum Gasteiger partial charge on any atom is -0.310 e. The number of nitrogens with zero attached hydrogens (tertiary/aromatic N) is 5. The summed E-state index contributed by atoms with van der Waals surface area (Å²) in [4.78, 5) is 13.2. The topological polar surface area (TPSA) is 36.1 Å². The highest BCUT2D eigenvalue weighted by Gasteiger charge is 2.20. The molecule has 0 atom stereocenters. The maximum atomic E-state index is 4.51. The number of fused-ring (bicyclic) bond motifs is 3. The van der Waals surface area contributed by atoms with Gasteiger partial charge in [0.2, 0.25) is 0 Å². The van der Waals surface area contributed by atoms with Crippen molar-refractivity contribution in [2.75, 3.05) is 16.8 Å². The average Bonchev–Trinajstić information content (AvgIpc) is 3.61. The molecular formula is C55H45N5. The molecular weight excluding hydrogens is 731 g/mol. The van der Waals surface area contributed by atoms with Gasteiger partial charge in [-0.1, -0.05) is 104 Å². The third-order valence-electron chi connectivity index (χ3n) is 11.0. The SMILES string of the molecule is C=C(N=CC=NC)c1c(C)cc(-c2ccc(-n3c4ccc(N(c5ccccc5)c5ccccc5)cc4c4cc(N(c5ccccc5)c5ccccc5)ccc43)cc2)cc1C. The second kappa shape index (κ2) is 16.6. The van der Waals surface area contributed by atoms with Crippen LogP contribution in [0.15, 0.2) is 211 Å². The zero-order valence-electron chi connectivity index (χ0n) is 34.1. The van der Waals surface area contributed by atoms with Gasteiger partial charge in [0.25, 0.3) is 0 Å². The summed E-state index contributed by atoms with van der Waals surface area (Å²) in [6, 6.07) is 69.5. The van der Waals surface area contributed by atoms with Gasteiger partial charge in [-0.05, 0) is 133 Å². The van der Waals surface area contributed by atoms with Crippen molar-refractivity contribution in [2.24, 2.45) is 9.98 Å². The van der Waals surface area contributed by atoms with Gasteiger partial charge < -0.3 is 14.4 Å². The predicted octanol–water partition coefficient (Wildman–Crippen LogP) is 14.7. The molecule has 0 fully saturated rings. The van der Waals surface area contributed by atoms with Gasteiger partial charge in [-0.15, -0.1) is 0 Å². The van der Waals surface area contributed by atoms with E-state index < -0.39 is 0 Å². The van der Waals surface area contributed by atoms with Crippen molar-refractivity contribution in [1.82, 2.24) is 4.57 Å². The van der Waals surface area contributed by atoms with E-state index in [0.29, 0.717) is 0 Å². The van der Waals surface area contributed by atoms with Gasteiger partial charge in [0, 0.05) is 75.6 Å². The molecule has 0 N–H and O–H groups in total. The number of aryl methyl sites for hydroxylation is 2. The fourth-order valence-electron chi connectivity index (χ4n) is 8.40. The van der Waals surface area contributed by atoms with E-state index in [1.807, 2.05) is 0 Å². The van der Waals surface area contributed by atoms with E-state index in [4.69, 9.17) is 0 Å². The Morgan fingerprint density at radius 2 is 0.883 bits per heavy atom. The van der Waals surface area contributed by atoms with Crippen LogP contribution < -0.4 is 9.80 Å². The Kier molecular flexibility index (Phi) is 10.5. The Morgan fingerprint density at radius 1 is 0.467 bits per heavy atom. The number of benzene rings is 8. The predicted molar refractivity (Wildman–Crippen MR) is 257 cm³/mol. The summed E-state index contributed by atoms with van der Waals surface area (Å²) >= 11 is 0. The average molecular weight is 776 g/mol. The zero-order chi connectivity index (χ0) is 41.0. The number of aromatic nitrogens is 1. The molecule has 0 aliphatic rings. The normalized spacial score (nSPS) is 11.5. The quantitative estimate of drug-likeness (QED) is 0.123. The standard InChI is InChI=1S/C55H45N5/c1-39-35-43(36-40(2)55(39)41(3)57-34-33-56-4)42-25-27-48(28-26-42)60-53-31-29-49(58(44-17-9-5-10-18-44)45-19-11-6-12-20-45)37-51(53)52-38-50(30-32-54(52)60)59(46-21-13-7-14-22-46)47-23-15-8-16-24-47/h5-38H,3H2,1-2,4H3. The molecule has 0 radical (unpaired) electrons. The van der Waals surface area contributed by atoms with Gasteiger partial charge in [0.15, 0.2) is 0 Å². The first kappa shape index (κ1) is 37.8. The van der Waals surface area contributed by atoms with Crippen LogP contribution in [0.5, 0.6) is 0 Å². The molecule has 0 unspecified atom stereocenters. The van der Waals surface area contributed by atoms with E-state index in [1.54, 1.807) is 19.5 Å². The van der Waals surface area contributed by atoms with Crippen LogP contribution in [-0.4, -0.2) is 24.0 Å². The fourth-order valence-corrected chi connectivity index (χ4v) is 8.40. The summed E-state index contributed by atoms with van der Waals surface area (Å²) in [5.74, 6) is 0. The van der Waals surface area contributed by atoms with Gasteiger partial charge in [-0.25, -0.2) is 0 Å². The summed E-state index contributed by atoms with van der Waals surface area (Å²) in [5.41, 5.74) is 16.3. The highest BCUT2D eigenvalue weighted by molar-refractivity contribution is 6.17. The molecule has 0 saturated heterocycles. The van der Waals surface area contributed by atoms with E-state index in [1.165, 1.54) is 10.8 Å². The van der Waals surface area contributed by atoms with E-state index in [2.05, 4.69) is 239 Å². The number of hydrogen-bond donors (Lipinski definition) is 0. The van der Waals surface area contributed by atoms with Crippen molar-refractivity contribution in [1.29, 1.82) is 0 Å². The fraction of sp³-hybridized carbons (Fsp3) is 0.0545. The molecule has 5 nitrogen and oxygen atoms in total. The monoisotopic (exact) mass is 775 g/mol. The third-order valence-corrected chi connectivity index (χ3v) is 11.0. The van der Waals surface area contributed by atoms with E-state index in [9.17, 15) is 0 Å². The van der Waals surface area contributed by atoms with Gasteiger partial charge in [-0.2, -0.15) is 0 Å². The molecule has 0 saturated carbocycles. The Bertz CT molecular complexity index is 2760. The van der Waals surface area contributed by atoms with Gasteiger partial charge >= 0.3 is 0 Å². The van der Waals surface area contributed by atoms with Gasteiger partial charge in [0.1, 0.15) is 0 Å². The van der Waals surface area contributed by atoms with E-state index in [0.717, 1.165) is 84.4 Å². The molecule has 0 bridgehead atoms. The molecule has 9 rings (SSSR count). The van der Waals surface area contributed by atoms with Crippen LogP contribution in [-0.2, 0) is 0 Å². The Hall–Kier alpha value is -7.76. The zero-order valence-corrected chi connectivity index (χ0v) is 34.1. The summed E-state index contributed by atoms with van der Waals surface area (Å²) in [6.45, 7) is 8.49. The van der Waals surface area contributed by atoms with Crippen LogP contribution >= 0.6 is 0 Å². The number of anilines is 6.